The maximum atomic E-state index is 5.59. The Hall–Kier alpha value is -1.80. The van der Waals surface area contributed by atoms with E-state index < -0.39 is 0 Å². The second kappa shape index (κ2) is 6.10. The number of rotatable bonds is 4. The molecule has 1 fully saturated rings. The predicted octanol–water partition coefficient (Wildman–Crippen LogP) is 3.18. The molecular formula is C18H22N2. The van der Waals surface area contributed by atoms with Crippen LogP contribution in [0.5, 0.6) is 0 Å². The molecule has 0 saturated carbocycles. The zero-order chi connectivity index (χ0) is 13.8. The average Bonchev–Trinajstić information content (AvgIpc) is 2.99. The summed E-state index contributed by atoms with van der Waals surface area (Å²) in [5.41, 5.74) is 9.73. The molecule has 0 spiro atoms. The van der Waals surface area contributed by atoms with Crippen LogP contribution in [-0.4, -0.2) is 19.6 Å². The number of nitrogens with zero attached hydrogens (tertiary/aromatic N) is 1. The van der Waals surface area contributed by atoms with E-state index in [0.29, 0.717) is 5.92 Å². The normalized spacial score (nSPS) is 18.4. The highest BCUT2D eigenvalue weighted by Crippen LogP contribution is 2.30. The van der Waals surface area contributed by atoms with Crippen LogP contribution in [-0.2, 0) is 6.42 Å². The monoisotopic (exact) mass is 266 g/mol. The predicted molar refractivity (Wildman–Crippen MR) is 85.2 cm³/mol. The lowest BCUT2D eigenvalue weighted by Gasteiger charge is -2.19. The smallest absolute Gasteiger partial charge is 0.0366 e. The van der Waals surface area contributed by atoms with E-state index in [1.165, 1.54) is 23.2 Å². The molecule has 3 rings (SSSR count). The lowest BCUT2D eigenvalue weighted by Crippen LogP contribution is -2.19. The highest BCUT2D eigenvalue weighted by atomic mass is 15.1. The summed E-state index contributed by atoms with van der Waals surface area (Å²) in [7, 11) is 0. The Morgan fingerprint density at radius 2 is 1.75 bits per heavy atom. The van der Waals surface area contributed by atoms with Gasteiger partial charge in [0.25, 0.3) is 0 Å². The van der Waals surface area contributed by atoms with Crippen molar-refractivity contribution in [3.05, 3.63) is 65.7 Å². The first-order valence-electron chi connectivity index (χ1n) is 7.46. The summed E-state index contributed by atoms with van der Waals surface area (Å²) in [5.74, 6) is 0.667. The third kappa shape index (κ3) is 2.86. The van der Waals surface area contributed by atoms with Crippen LogP contribution in [0.15, 0.2) is 54.6 Å². The van der Waals surface area contributed by atoms with Gasteiger partial charge in [0.15, 0.2) is 0 Å². The number of anilines is 1. The molecule has 2 aromatic rings. The van der Waals surface area contributed by atoms with Gasteiger partial charge in [0.1, 0.15) is 0 Å². The Labute approximate surface area is 121 Å². The quantitative estimate of drug-likeness (QED) is 0.921. The second-order valence-corrected chi connectivity index (χ2v) is 5.55. The summed E-state index contributed by atoms with van der Waals surface area (Å²) in [6.45, 7) is 3.00. The van der Waals surface area contributed by atoms with Gasteiger partial charge in [-0.1, -0.05) is 42.5 Å². The first-order valence-corrected chi connectivity index (χ1v) is 7.46. The Balaban J connectivity index is 1.67. The van der Waals surface area contributed by atoms with Crippen LogP contribution in [0.3, 0.4) is 0 Å². The molecule has 2 nitrogen and oxygen atoms in total. The first-order chi connectivity index (χ1) is 9.86. The Bertz CT molecular complexity index is 533. The number of hydrogen-bond donors (Lipinski definition) is 1. The Morgan fingerprint density at radius 1 is 1.00 bits per heavy atom. The van der Waals surface area contributed by atoms with Crippen molar-refractivity contribution in [1.29, 1.82) is 0 Å². The van der Waals surface area contributed by atoms with Crippen molar-refractivity contribution < 1.29 is 0 Å². The summed E-state index contributed by atoms with van der Waals surface area (Å²) < 4.78 is 0. The molecule has 20 heavy (non-hydrogen) atoms. The van der Waals surface area contributed by atoms with Gasteiger partial charge in [-0.2, -0.15) is 0 Å². The summed E-state index contributed by atoms with van der Waals surface area (Å²) in [4.78, 5) is 2.49. The van der Waals surface area contributed by atoms with Gasteiger partial charge >= 0.3 is 0 Å². The van der Waals surface area contributed by atoms with Crippen molar-refractivity contribution in [3.8, 4) is 0 Å². The van der Waals surface area contributed by atoms with Crippen LogP contribution >= 0.6 is 0 Å². The molecule has 1 saturated heterocycles. The van der Waals surface area contributed by atoms with Crippen LogP contribution in [0, 0.1) is 0 Å². The molecule has 0 aromatic heterocycles. The van der Waals surface area contributed by atoms with Crippen LogP contribution in [0.1, 0.15) is 23.5 Å². The third-order valence-corrected chi connectivity index (χ3v) is 4.19. The van der Waals surface area contributed by atoms with E-state index in [-0.39, 0.29) is 0 Å². The molecule has 2 aromatic carbocycles. The average molecular weight is 266 g/mol. The van der Waals surface area contributed by atoms with E-state index in [9.17, 15) is 0 Å². The number of hydrogen-bond acceptors (Lipinski definition) is 2. The van der Waals surface area contributed by atoms with E-state index in [1.54, 1.807) is 0 Å². The molecule has 1 atom stereocenters. The van der Waals surface area contributed by atoms with E-state index in [1.807, 2.05) is 0 Å². The Morgan fingerprint density at radius 3 is 2.45 bits per heavy atom. The minimum Gasteiger partial charge on any atom is -0.371 e. The van der Waals surface area contributed by atoms with Crippen molar-refractivity contribution in [1.82, 2.24) is 0 Å². The molecule has 2 N–H and O–H groups in total. The van der Waals surface area contributed by atoms with E-state index in [4.69, 9.17) is 5.73 Å². The third-order valence-electron chi connectivity index (χ3n) is 4.19. The summed E-state index contributed by atoms with van der Waals surface area (Å²) in [6, 6.07) is 19.7. The fourth-order valence-electron chi connectivity index (χ4n) is 3.03. The summed E-state index contributed by atoms with van der Waals surface area (Å²) in [5, 5.41) is 0. The van der Waals surface area contributed by atoms with Crippen molar-refractivity contribution in [2.24, 2.45) is 5.73 Å². The zero-order valence-electron chi connectivity index (χ0n) is 11.8. The maximum absolute atomic E-state index is 5.59. The molecule has 1 aliphatic rings. The number of nitrogens with two attached hydrogens (primary N) is 1. The van der Waals surface area contributed by atoms with Gasteiger partial charge in [-0.15, -0.1) is 0 Å². The molecule has 1 unspecified atom stereocenters. The standard InChI is InChI=1S/C18H22N2/c19-12-10-15-6-8-18(9-7-15)20-13-11-17(14-20)16-4-2-1-3-5-16/h1-9,17H,10-14,19H2. The van der Waals surface area contributed by atoms with Gasteiger partial charge in [0, 0.05) is 24.7 Å². The largest absolute Gasteiger partial charge is 0.371 e. The minimum absolute atomic E-state index is 0.667. The second-order valence-electron chi connectivity index (χ2n) is 5.55. The number of benzene rings is 2. The highest BCUT2D eigenvalue weighted by molar-refractivity contribution is 5.49. The summed E-state index contributed by atoms with van der Waals surface area (Å²) in [6.07, 6.45) is 2.21. The van der Waals surface area contributed by atoms with Crippen molar-refractivity contribution >= 4 is 5.69 Å². The van der Waals surface area contributed by atoms with Crippen molar-refractivity contribution in [3.63, 3.8) is 0 Å². The van der Waals surface area contributed by atoms with Crippen LogP contribution < -0.4 is 10.6 Å². The molecule has 1 aliphatic heterocycles. The van der Waals surface area contributed by atoms with Crippen molar-refractivity contribution in [2.45, 2.75) is 18.8 Å². The lowest BCUT2D eigenvalue weighted by molar-refractivity contribution is 0.775. The van der Waals surface area contributed by atoms with E-state index in [2.05, 4.69) is 59.5 Å². The molecular weight excluding hydrogens is 244 g/mol. The maximum Gasteiger partial charge on any atom is 0.0366 e. The van der Waals surface area contributed by atoms with Gasteiger partial charge in [0.05, 0.1) is 0 Å². The molecule has 0 aliphatic carbocycles. The molecule has 1 heterocycles. The fourth-order valence-corrected chi connectivity index (χ4v) is 3.03. The van der Waals surface area contributed by atoms with Crippen LogP contribution in [0.25, 0.3) is 0 Å². The van der Waals surface area contributed by atoms with E-state index in [0.717, 1.165) is 26.1 Å². The Kier molecular flexibility index (Phi) is 4.03. The highest BCUT2D eigenvalue weighted by Gasteiger charge is 2.23. The fraction of sp³-hybridized carbons (Fsp3) is 0.333. The van der Waals surface area contributed by atoms with Crippen LogP contribution in [0.4, 0.5) is 5.69 Å². The minimum atomic E-state index is 0.667. The zero-order valence-corrected chi connectivity index (χ0v) is 11.8. The van der Waals surface area contributed by atoms with Crippen LogP contribution in [0.2, 0.25) is 0 Å². The van der Waals surface area contributed by atoms with Gasteiger partial charge in [-0.25, -0.2) is 0 Å². The van der Waals surface area contributed by atoms with Crippen molar-refractivity contribution in [2.75, 3.05) is 24.5 Å². The summed E-state index contributed by atoms with van der Waals surface area (Å²) >= 11 is 0. The van der Waals surface area contributed by atoms with Gasteiger partial charge in [0.2, 0.25) is 0 Å². The van der Waals surface area contributed by atoms with E-state index >= 15 is 0 Å². The van der Waals surface area contributed by atoms with Gasteiger partial charge in [-0.05, 0) is 42.6 Å². The molecule has 2 heteroatoms. The SMILES string of the molecule is NCCc1ccc(N2CCC(c3ccccc3)C2)cc1. The topological polar surface area (TPSA) is 29.3 Å². The van der Waals surface area contributed by atoms with Gasteiger partial charge in [-0.3, -0.25) is 0 Å². The molecule has 104 valence electrons. The lowest BCUT2D eigenvalue weighted by atomic mass is 9.99. The molecule has 0 bridgehead atoms. The first kappa shape index (κ1) is 13.2. The molecule has 0 amide bonds. The molecule has 0 radical (unpaired) electrons. The van der Waals surface area contributed by atoms with Gasteiger partial charge < -0.3 is 10.6 Å².